The van der Waals surface area contributed by atoms with Crippen LogP contribution in [0, 0.1) is 6.92 Å². The molecule has 0 unspecified atom stereocenters. The number of halogens is 1. The number of rotatable bonds is 6. The lowest BCUT2D eigenvalue weighted by Gasteiger charge is -2.22. The number of carbonyl (C=O) groups is 1. The molecule has 1 N–H and O–H groups in total. The van der Waals surface area contributed by atoms with E-state index in [1.165, 1.54) is 0 Å². The minimum atomic E-state index is -3.49. The molecule has 0 heterocycles. The molecule has 1 saturated carbocycles. The molecule has 0 atom stereocenters. The second kappa shape index (κ2) is 8.55. The molecule has 144 valence electrons. The van der Waals surface area contributed by atoms with Crippen LogP contribution < -0.4 is 4.72 Å². The summed E-state index contributed by atoms with van der Waals surface area (Å²) < 4.78 is 27.5. The van der Waals surface area contributed by atoms with E-state index in [0.29, 0.717) is 23.4 Å². The molecule has 1 aliphatic rings. The average molecular weight is 406 g/mol. The quantitative estimate of drug-likeness (QED) is 0.705. The van der Waals surface area contributed by atoms with Crippen LogP contribution in [-0.2, 0) is 10.0 Å². The second-order valence-electron chi connectivity index (χ2n) is 7.01. The van der Waals surface area contributed by atoms with Gasteiger partial charge in [-0.15, -0.1) is 0 Å². The van der Waals surface area contributed by atoms with E-state index in [0.717, 1.165) is 36.0 Å². The lowest BCUT2D eigenvalue weighted by atomic mass is 9.94. The maximum atomic E-state index is 12.8. The van der Waals surface area contributed by atoms with Gasteiger partial charge >= 0.3 is 0 Å². The number of hydrogen-bond donors (Lipinski definition) is 1. The first-order valence-corrected chi connectivity index (χ1v) is 11.2. The van der Waals surface area contributed by atoms with Gasteiger partial charge in [0.05, 0.1) is 16.8 Å². The minimum Gasteiger partial charge on any atom is -0.293 e. The summed E-state index contributed by atoms with van der Waals surface area (Å²) in [5.74, 6) is -0.310. The highest BCUT2D eigenvalue weighted by molar-refractivity contribution is 7.90. The monoisotopic (exact) mass is 405 g/mol. The summed E-state index contributed by atoms with van der Waals surface area (Å²) in [4.78, 5) is 12.8. The molecule has 4 nitrogen and oxygen atoms in total. The largest absolute Gasteiger partial charge is 0.293 e. The summed E-state index contributed by atoms with van der Waals surface area (Å²) in [7, 11) is -3.49. The number of ketones is 1. The van der Waals surface area contributed by atoms with Crippen LogP contribution in [-0.4, -0.2) is 26.0 Å². The van der Waals surface area contributed by atoms with Crippen LogP contribution in [0.2, 0.25) is 5.02 Å². The van der Waals surface area contributed by atoms with Gasteiger partial charge in [0, 0.05) is 5.56 Å². The predicted molar refractivity (Wildman–Crippen MR) is 110 cm³/mol. The molecule has 2 aromatic carbocycles. The van der Waals surface area contributed by atoms with Crippen LogP contribution in [0.5, 0.6) is 0 Å². The van der Waals surface area contributed by atoms with Crippen molar-refractivity contribution in [2.24, 2.45) is 0 Å². The van der Waals surface area contributed by atoms with Crippen LogP contribution in [0.4, 0.5) is 0 Å². The van der Waals surface area contributed by atoms with Gasteiger partial charge in [-0.1, -0.05) is 67.3 Å². The topological polar surface area (TPSA) is 63.2 Å². The fourth-order valence-electron chi connectivity index (χ4n) is 3.70. The first-order valence-electron chi connectivity index (χ1n) is 9.26. The molecule has 1 fully saturated rings. The number of benzene rings is 2. The molecular formula is C21H24ClNO3S. The van der Waals surface area contributed by atoms with Gasteiger partial charge in [-0.3, -0.25) is 4.79 Å². The van der Waals surface area contributed by atoms with Crippen molar-refractivity contribution in [3.63, 3.8) is 0 Å². The Kier molecular flexibility index (Phi) is 6.35. The molecule has 6 heteroatoms. The Morgan fingerprint density at radius 2 is 1.74 bits per heavy atom. The van der Waals surface area contributed by atoms with Crippen LogP contribution in [0.15, 0.2) is 42.5 Å². The van der Waals surface area contributed by atoms with Crippen LogP contribution in [0.1, 0.15) is 48.0 Å². The predicted octanol–water partition coefficient (Wildman–Crippen LogP) is 4.75. The van der Waals surface area contributed by atoms with Crippen molar-refractivity contribution in [1.82, 2.24) is 4.72 Å². The number of carbonyl (C=O) groups excluding carboxylic acids is 1. The van der Waals surface area contributed by atoms with Crippen LogP contribution >= 0.6 is 11.6 Å². The Hall–Kier alpha value is -1.69. The van der Waals surface area contributed by atoms with Crippen LogP contribution in [0.3, 0.4) is 0 Å². The normalized spacial score (nSPS) is 15.6. The second-order valence-corrected chi connectivity index (χ2v) is 9.46. The van der Waals surface area contributed by atoms with Crippen LogP contribution in [0.25, 0.3) is 11.1 Å². The average Bonchev–Trinajstić information content (AvgIpc) is 2.68. The van der Waals surface area contributed by atoms with Gasteiger partial charge < -0.3 is 0 Å². The third-order valence-corrected chi connectivity index (χ3v) is 7.41. The number of Topliss-reactive ketones (excluding diaryl/α,β-unsaturated/α-hetero) is 1. The van der Waals surface area contributed by atoms with Gasteiger partial charge in [-0.05, 0) is 42.5 Å². The summed E-state index contributed by atoms with van der Waals surface area (Å²) in [5, 5.41) is -0.0553. The first kappa shape index (κ1) is 20.1. The SMILES string of the molecule is Cc1c(-c2ccccc2)ccc(Cl)c1C(=O)CNS(=O)(=O)C1CCCCC1. The smallest absolute Gasteiger partial charge is 0.214 e. The number of nitrogens with one attached hydrogen (secondary N) is 1. The molecule has 0 saturated heterocycles. The van der Waals surface area contributed by atoms with Gasteiger partial charge in [0.2, 0.25) is 10.0 Å². The summed E-state index contributed by atoms with van der Waals surface area (Å²) in [6.07, 6.45) is 4.23. The molecule has 3 rings (SSSR count). The minimum absolute atomic E-state index is 0.266. The summed E-state index contributed by atoms with van der Waals surface area (Å²) in [6.45, 7) is 1.58. The molecule has 27 heavy (non-hydrogen) atoms. The van der Waals surface area contributed by atoms with Gasteiger partial charge in [-0.2, -0.15) is 0 Å². The Labute approximate surface area is 166 Å². The van der Waals surface area contributed by atoms with E-state index in [4.69, 9.17) is 11.6 Å². The zero-order valence-corrected chi connectivity index (χ0v) is 16.9. The zero-order chi connectivity index (χ0) is 19.4. The maximum absolute atomic E-state index is 12.8. The molecule has 1 aliphatic carbocycles. The molecule has 0 spiro atoms. The van der Waals surface area contributed by atoms with Gasteiger partial charge in [0.15, 0.2) is 5.78 Å². The Morgan fingerprint density at radius 3 is 2.41 bits per heavy atom. The highest BCUT2D eigenvalue weighted by Gasteiger charge is 2.28. The van der Waals surface area contributed by atoms with E-state index in [9.17, 15) is 13.2 Å². The van der Waals surface area contributed by atoms with E-state index in [1.807, 2.05) is 43.3 Å². The molecule has 0 aromatic heterocycles. The lowest BCUT2D eigenvalue weighted by Crippen LogP contribution is -2.38. The van der Waals surface area contributed by atoms with Crippen molar-refractivity contribution in [2.75, 3.05) is 6.54 Å². The third kappa shape index (κ3) is 4.60. The van der Waals surface area contributed by atoms with E-state index < -0.39 is 15.3 Å². The van der Waals surface area contributed by atoms with Crippen molar-refractivity contribution >= 4 is 27.4 Å². The van der Waals surface area contributed by atoms with Crippen molar-refractivity contribution in [3.05, 3.63) is 58.6 Å². The van der Waals surface area contributed by atoms with Gasteiger partial charge in [-0.25, -0.2) is 13.1 Å². The Bertz CT molecular complexity index is 920. The summed E-state index contributed by atoms with van der Waals surface area (Å²) in [6, 6.07) is 13.3. The third-order valence-electron chi connectivity index (χ3n) is 5.20. The standard InChI is InChI=1S/C21H24ClNO3S/c1-15-18(16-8-4-2-5-9-16)12-13-19(22)21(15)20(24)14-23-27(25,26)17-10-6-3-7-11-17/h2,4-5,8-9,12-13,17,23H,3,6-7,10-11,14H2,1H3. The van der Waals surface area contributed by atoms with Crippen molar-refractivity contribution in [2.45, 2.75) is 44.3 Å². The van der Waals surface area contributed by atoms with Gasteiger partial charge in [0.1, 0.15) is 0 Å². The molecular weight excluding hydrogens is 382 g/mol. The highest BCUT2D eigenvalue weighted by Crippen LogP contribution is 2.30. The van der Waals surface area contributed by atoms with Gasteiger partial charge in [0.25, 0.3) is 0 Å². The Morgan fingerprint density at radius 1 is 1.07 bits per heavy atom. The lowest BCUT2D eigenvalue weighted by molar-refractivity contribution is 0.0996. The van der Waals surface area contributed by atoms with E-state index in [-0.39, 0.29) is 12.3 Å². The van der Waals surface area contributed by atoms with E-state index in [2.05, 4.69) is 4.72 Å². The Balaban J connectivity index is 1.80. The van der Waals surface area contributed by atoms with E-state index >= 15 is 0 Å². The van der Waals surface area contributed by atoms with E-state index in [1.54, 1.807) is 6.07 Å². The zero-order valence-electron chi connectivity index (χ0n) is 15.4. The number of sulfonamides is 1. The fourth-order valence-corrected chi connectivity index (χ4v) is 5.53. The first-order chi connectivity index (χ1) is 12.9. The molecule has 0 radical (unpaired) electrons. The molecule has 0 aliphatic heterocycles. The van der Waals surface area contributed by atoms with Crippen molar-refractivity contribution < 1.29 is 13.2 Å². The molecule has 0 bridgehead atoms. The van der Waals surface area contributed by atoms with Crippen molar-refractivity contribution in [1.29, 1.82) is 0 Å². The molecule has 0 amide bonds. The summed E-state index contributed by atoms with van der Waals surface area (Å²) >= 11 is 6.28. The highest BCUT2D eigenvalue weighted by atomic mass is 35.5. The maximum Gasteiger partial charge on any atom is 0.214 e. The number of hydrogen-bond acceptors (Lipinski definition) is 3. The summed E-state index contributed by atoms with van der Waals surface area (Å²) in [5.41, 5.74) is 3.04. The van der Waals surface area contributed by atoms with Crippen molar-refractivity contribution in [3.8, 4) is 11.1 Å². The molecule has 2 aromatic rings. The fraction of sp³-hybridized carbons (Fsp3) is 0.381.